The minimum atomic E-state index is -1.44. The molecule has 4 rings (SSSR count). The Balaban J connectivity index is 0.000000368. The summed E-state index contributed by atoms with van der Waals surface area (Å²) >= 11 is 0. The van der Waals surface area contributed by atoms with Crippen molar-refractivity contribution in [2.45, 2.75) is 38.8 Å². The molecule has 0 bridgehead atoms. The van der Waals surface area contributed by atoms with Crippen molar-refractivity contribution in [2.24, 2.45) is 5.84 Å². The third-order valence-electron chi connectivity index (χ3n) is 5.18. The molecule has 7 N–H and O–H groups in total. The lowest BCUT2D eigenvalue weighted by Crippen LogP contribution is -2.31. The molecule has 0 aliphatic heterocycles. The Labute approximate surface area is 260 Å². The highest BCUT2D eigenvalue weighted by Gasteiger charge is 2.13. The van der Waals surface area contributed by atoms with Crippen LogP contribution in [0.3, 0.4) is 0 Å². The van der Waals surface area contributed by atoms with Gasteiger partial charge in [0.05, 0.1) is 31.1 Å². The van der Waals surface area contributed by atoms with Crippen molar-refractivity contribution in [1.82, 2.24) is 30.8 Å². The van der Waals surface area contributed by atoms with Gasteiger partial charge in [-0.05, 0) is 24.0 Å². The number of anilines is 1. The van der Waals surface area contributed by atoms with Crippen molar-refractivity contribution in [3.05, 3.63) is 64.8 Å². The molecule has 0 aliphatic carbocycles. The topological polar surface area (TPSA) is 307 Å². The first-order valence-electron chi connectivity index (χ1n) is 12.7. The summed E-state index contributed by atoms with van der Waals surface area (Å²) in [6.07, 6.45) is 0.986. The maximum Gasteiger partial charge on any atom is 0.425 e. The van der Waals surface area contributed by atoms with E-state index in [1.54, 1.807) is 18.4 Å². The van der Waals surface area contributed by atoms with Gasteiger partial charge in [-0.25, -0.2) is 30.4 Å². The van der Waals surface area contributed by atoms with Gasteiger partial charge >= 0.3 is 23.4 Å². The zero-order chi connectivity index (χ0) is 35.0. The molecule has 0 saturated heterocycles. The molecule has 1 unspecified atom stereocenters. The highest BCUT2D eigenvalue weighted by molar-refractivity contribution is 7.84. The van der Waals surface area contributed by atoms with Crippen LogP contribution < -0.4 is 44.5 Å². The molecule has 4 aromatic rings. The highest BCUT2D eigenvalue weighted by atomic mass is 32.2. The van der Waals surface area contributed by atoms with E-state index in [1.165, 1.54) is 39.5 Å². The Morgan fingerprint density at radius 3 is 1.78 bits per heavy atom. The van der Waals surface area contributed by atoms with Gasteiger partial charge in [0.2, 0.25) is 22.5 Å². The normalized spacial score (nSPS) is 10.3. The molecule has 4 heterocycles. The van der Waals surface area contributed by atoms with Crippen molar-refractivity contribution in [3.8, 4) is 6.07 Å². The fourth-order valence-electron chi connectivity index (χ4n) is 3.25. The first-order chi connectivity index (χ1) is 21.8. The maximum absolute atomic E-state index is 12.0. The Bertz CT molecular complexity index is 1970. The molecule has 46 heavy (non-hydrogen) atoms. The van der Waals surface area contributed by atoms with Gasteiger partial charge in [0.25, 0.3) is 11.1 Å². The summed E-state index contributed by atoms with van der Waals surface area (Å²) in [5.74, 6) is 4.48. The molecule has 248 valence electrons. The number of ether oxygens (including phenoxy) is 2. The molecule has 0 spiro atoms. The van der Waals surface area contributed by atoms with Crippen LogP contribution in [0.2, 0.25) is 0 Å². The zero-order valence-corrected chi connectivity index (χ0v) is 26.2. The van der Waals surface area contributed by atoms with Gasteiger partial charge in [-0.1, -0.05) is 13.8 Å². The van der Waals surface area contributed by atoms with Crippen LogP contribution in [0, 0.1) is 11.3 Å². The van der Waals surface area contributed by atoms with Gasteiger partial charge in [-0.3, -0.25) is 34.6 Å². The van der Waals surface area contributed by atoms with Gasteiger partial charge in [0, 0.05) is 25.3 Å². The monoisotopic (exact) mass is 665 g/mol. The summed E-state index contributed by atoms with van der Waals surface area (Å²) in [6.45, 7) is 5.05. The number of rotatable bonds is 5. The van der Waals surface area contributed by atoms with Gasteiger partial charge < -0.3 is 18.3 Å². The van der Waals surface area contributed by atoms with E-state index in [2.05, 4.69) is 46.1 Å². The smallest absolute Gasteiger partial charge is 0.425 e. The molecule has 0 fully saturated rings. The van der Waals surface area contributed by atoms with Crippen LogP contribution in [0.1, 0.15) is 31.9 Å². The predicted octanol–water partition coefficient (Wildman–Crippen LogP) is 0.0437. The van der Waals surface area contributed by atoms with Gasteiger partial charge in [0.15, 0.2) is 0 Å². The largest absolute Gasteiger partial charge is 0.452 e. The average Bonchev–Trinajstić information content (AvgIpc) is 3.02. The number of aryl methyl sites for hydroxylation is 2. The van der Waals surface area contributed by atoms with Gasteiger partial charge in [-0.15, -0.1) is 0 Å². The quantitative estimate of drug-likeness (QED) is 0.0709. The molecule has 1 atom stereocenters. The second kappa shape index (κ2) is 18.7. The second-order valence-corrected chi connectivity index (χ2v) is 9.38. The number of amides is 2. The number of hydrazine groups is 2. The van der Waals surface area contributed by atoms with E-state index in [1.807, 2.05) is 6.92 Å². The molecule has 20 nitrogen and oxygen atoms in total. The van der Waals surface area contributed by atoms with E-state index in [0.29, 0.717) is 24.0 Å². The van der Waals surface area contributed by atoms with Crippen LogP contribution in [0.25, 0.3) is 22.2 Å². The summed E-state index contributed by atoms with van der Waals surface area (Å²) in [4.78, 5) is 79.6. The third-order valence-corrected chi connectivity index (χ3v) is 5.92. The number of aromatic amines is 2. The van der Waals surface area contributed by atoms with Crippen LogP contribution in [-0.4, -0.2) is 56.8 Å². The third kappa shape index (κ3) is 11.0. The molecule has 2 amide bonds. The molecular weight excluding hydrogens is 634 g/mol. The number of nitrogens with two attached hydrogens (primary N) is 1. The minimum Gasteiger partial charge on any atom is -0.452 e. The standard InChI is InChI=1S/C11H12N4O5.C10H10N2O4S.C2H6N2O2.C2H3N/c1-3-5-4-6(16)20-9-7(5)8(17)12-10(13-9)14-15-11(18)19-2;1-3-5-4-6(13)16-9-7(5)8(14)11-10(12-9)17(2)15;1-6-2(5)4-3;1-2-3/h4H,3H2,1-2H3,(H,15,18)(H2,12,13,14,17);4H,3H2,1-2H3,(H,11,12,14);3H2,1H3,(H,4,5);1H3. The molecule has 4 aromatic heterocycles. The fourth-order valence-corrected chi connectivity index (χ4v) is 3.70. The number of aromatic nitrogens is 4. The number of carbonyl (C=O) groups excluding carboxylic acids is 2. The van der Waals surface area contributed by atoms with Crippen LogP contribution in [0.5, 0.6) is 0 Å². The summed E-state index contributed by atoms with van der Waals surface area (Å²) in [7, 11) is 0.980. The van der Waals surface area contributed by atoms with Crippen molar-refractivity contribution in [1.29, 1.82) is 5.26 Å². The van der Waals surface area contributed by atoms with E-state index < -0.39 is 45.4 Å². The van der Waals surface area contributed by atoms with Crippen LogP contribution in [0.4, 0.5) is 15.5 Å². The predicted molar refractivity (Wildman–Crippen MR) is 163 cm³/mol. The number of H-pyrrole nitrogens is 2. The van der Waals surface area contributed by atoms with Crippen molar-refractivity contribution in [3.63, 3.8) is 0 Å². The molecule has 0 aliphatic rings. The number of nitriles is 1. The van der Waals surface area contributed by atoms with E-state index in [-0.39, 0.29) is 33.3 Å². The van der Waals surface area contributed by atoms with Crippen molar-refractivity contribution < 1.29 is 32.1 Å². The van der Waals surface area contributed by atoms with Gasteiger partial charge in [0.1, 0.15) is 10.8 Å². The van der Waals surface area contributed by atoms with E-state index >= 15 is 0 Å². The number of carbonyl (C=O) groups is 2. The molecular formula is C25H31N9O11S. The van der Waals surface area contributed by atoms with E-state index in [9.17, 15) is 33.0 Å². The fraction of sp³-hybridized carbons (Fsp3) is 0.320. The SMILES string of the molecule is CC#N.CCc1cc(=O)oc2nc(NNC(=O)OC)[nH]c(=O)c12.CCc1cc(=O)oc2nc(S(C)=O)[nH]c(=O)c12.COC(=O)NN. The number of nitrogens with zero attached hydrogens (tertiary/aromatic N) is 3. The number of nitrogens with one attached hydrogen (secondary N) is 5. The van der Waals surface area contributed by atoms with Crippen molar-refractivity contribution >= 4 is 51.1 Å². The Morgan fingerprint density at radius 2 is 1.39 bits per heavy atom. The molecule has 21 heteroatoms. The number of methoxy groups -OCH3 is 2. The minimum absolute atomic E-state index is 0.00102. The van der Waals surface area contributed by atoms with E-state index in [0.717, 1.165) is 0 Å². The summed E-state index contributed by atoms with van der Waals surface area (Å²) < 4.78 is 29.3. The molecule has 0 saturated carbocycles. The lowest BCUT2D eigenvalue weighted by Gasteiger charge is -2.07. The maximum atomic E-state index is 12.0. The van der Waals surface area contributed by atoms with Crippen LogP contribution in [0.15, 0.2) is 45.3 Å². The van der Waals surface area contributed by atoms with Crippen LogP contribution >= 0.6 is 0 Å². The Hall–Kier alpha value is -5.88. The summed E-state index contributed by atoms with van der Waals surface area (Å²) in [5, 5.41) is 7.76. The van der Waals surface area contributed by atoms with Crippen LogP contribution in [-0.2, 0) is 33.1 Å². The van der Waals surface area contributed by atoms with Gasteiger partial charge in [-0.2, -0.15) is 15.2 Å². The van der Waals surface area contributed by atoms with E-state index in [4.69, 9.17) is 14.1 Å². The average molecular weight is 666 g/mol. The summed E-state index contributed by atoms with van der Waals surface area (Å²) in [5.41, 5.74) is 5.05. The molecule has 0 radical (unpaired) electrons. The Kier molecular flexibility index (Phi) is 15.5. The lowest BCUT2D eigenvalue weighted by atomic mass is 10.1. The zero-order valence-electron chi connectivity index (χ0n) is 25.4. The molecule has 0 aromatic carbocycles. The second-order valence-electron chi connectivity index (χ2n) is 8.09. The lowest BCUT2D eigenvalue weighted by molar-refractivity contribution is 0.171. The number of fused-ring (bicyclic) bond motifs is 2. The number of hydrogen-bond donors (Lipinski definition) is 6. The summed E-state index contributed by atoms with van der Waals surface area (Å²) in [6, 6.07) is 4.26. The Morgan fingerprint density at radius 1 is 0.935 bits per heavy atom. The van der Waals surface area contributed by atoms with Crippen molar-refractivity contribution in [2.75, 3.05) is 25.9 Å². The highest BCUT2D eigenvalue weighted by Crippen LogP contribution is 2.13. The number of hydrogen-bond acceptors (Lipinski definition) is 16. The first kappa shape index (κ1) is 38.1. The first-order valence-corrected chi connectivity index (χ1v) is 14.3.